The number of alkyl halides is 2. The number of halogens is 2. The predicted octanol–water partition coefficient (Wildman–Crippen LogP) is 0.626. The van der Waals surface area contributed by atoms with Gasteiger partial charge in [-0.3, -0.25) is 9.59 Å². The average Bonchev–Trinajstić information content (AvgIpc) is 2.86. The van der Waals surface area contributed by atoms with E-state index in [9.17, 15) is 18.4 Å². The summed E-state index contributed by atoms with van der Waals surface area (Å²) >= 11 is 0. The van der Waals surface area contributed by atoms with Crippen molar-refractivity contribution < 1.29 is 18.4 Å². The zero-order valence-electron chi connectivity index (χ0n) is 9.43. The van der Waals surface area contributed by atoms with Crippen LogP contribution in [0.5, 0.6) is 0 Å². The lowest BCUT2D eigenvalue weighted by Crippen LogP contribution is -2.41. The molecule has 92 valence electrons. The third kappa shape index (κ3) is 2.90. The Hall–Kier alpha value is -1.20. The summed E-state index contributed by atoms with van der Waals surface area (Å²) in [6.07, 6.45) is 0.251. The van der Waals surface area contributed by atoms with Crippen LogP contribution < -0.4 is 5.32 Å². The van der Waals surface area contributed by atoms with Crippen molar-refractivity contribution in [1.29, 1.82) is 0 Å². The summed E-state index contributed by atoms with van der Waals surface area (Å²) in [6.45, 7) is 2.02. The van der Waals surface area contributed by atoms with Crippen molar-refractivity contribution in [3.8, 4) is 0 Å². The molecule has 0 heterocycles. The van der Waals surface area contributed by atoms with Gasteiger partial charge in [0.05, 0.1) is 6.54 Å². The Bertz CT molecular complexity index is 295. The minimum Gasteiger partial charge on any atom is -0.358 e. The second-order valence-corrected chi connectivity index (χ2v) is 3.95. The number of hydrogen-bond donors (Lipinski definition) is 1. The Morgan fingerprint density at radius 1 is 1.50 bits per heavy atom. The monoisotopic (exact) mass is 234 g/mol. The molecule has 1 aliphatic carbocycles. The lowest BCUT2D eigenvalue weighted by atomic mass is 10.3. The Balaban J connectivity index is 2.56. The first-order valence-corrected chi connectivity index (χ1v) is 5.29. The summed E-state index contributed by atoms with van der Waals surface area (Å²) in [7, 11) is 1.45. The van der Waals surface area contributed by atoms with Gasteiger partial charge in [-0.25, -0.2) is 8.78 Å². The van der Waals surface area contributed by atoms with Gasteiger partial charge in [0.2, 0.25) is 11.8 Å². The molecular formula is C10H16F2N2O2. The number of hydrogen-bond acceptors (Lipinski definition) is 2. The van der Waals surface area contributed by atoms with Crippen molar-refractivity contribution in [2.75, 3.05) is 20.1 Å². The first-order valence-electron chi connectivity index (χ1n) is 5.29. The van der Waals surface area contributed by atoms with Crippen LogP contribution in [0.4, 0.5) is 8.78 Å². The molecule has 1 N–H and O–H groups in total. The van der Waals surface area contributed by atoms with Gasteiger partial charge in [-0.15, -0.1) is 0 Å². The number of likely N-dealkylation sites (N-methyl/N-ethyl adjacent to an activating group) is 1. The highest BCUT2D eigenvalue weighted by Crippen LogP contribution is 2.49. The summed E-state index contributed by atoms with van der Waals surface area (Å²) in [5, 5.41) is 2.37. The molecule has 0 spiro atoms. The molecule has 1 aliphatic rings. The van der Waals surface area contributed by atoms with E-state index < -0.39 is 17.7 Å². The van der Waals surface area contributed by atoms with Gasteiger partial charge in [-0.05, 0) is 6.42 Å². The van der Waals surface area contributed by atoms with Gasteiger partial charge >= 0.3 is 0 Å². The van der Waals surface area contributed by atoms with Gasteiger partial charge < -0.3 is 10.2 Å². The van der Waals surface area contributed by atoms with Gasteiger partial charge in [0.1, 0.15) is 5.92 Å². The van der Waals surface area contributed by atoms with Crippen molar-refractivity contribution in [3.63, 3.8) is 0 Å². The van der Waals surface area contributed by atoms with Crippen molar-refractivity contribution in [2.24, 2.45) is 5.92 Å². The third-order valence-electron chi connectivity index (χ3n) is 2.54. The number of nitrogens with zero attached hydrogens (tertiary/aromatic N) is 1. The molecular weight excluding hydrogens is 218 g/mol. The van der Waals surface area contributed by atoms with E-state index in [-0.39, 0.29) is 18.9 Å². The number of amides is 2. The molecule has 0 saturated heterocycles. The Morgan fingerprint density at radius 2 is 2.06 bits per heavy atom. The minimum absolute atomic E-state index is 0.143. The normalized spacial score (nSPS) is 21.4. The average molecular weight is 234 g/mol. The molecule has 1 fully saturated rings. The zero-order valence-corrected chi connectivity index (χ0v) is 9.43. The summed E-state index contributed by atoms with van der Waals surface area (Å²) in [5.41, 5.74) is 0. The van der Waals surface area contributed by atoms with E-state index in [1.54, 1.807) is 0 Å². The molecule has 0 bridgehead atoms. The molecule has 1 unspecified atom stereocenters. The fourth-order valence-electron chi connectivity index (χ4n) is 1.49. The number of rotatable bonds is 5. The molecule has 0 radical (unpaired) electrons. The fourth-order valence-corrected chi connectivity index (χ4v) is 1.49. The predicted molar refractivity (Wildman–Crippen MR) is 54.0 cm³/mol. The lowest BCUT2D eigenvalue weighted by Gasteiger charge is -2.21. The second kappa shape index (κ2) is 4.76. The number of nitrogens with one attached hydrogen (secondary N) is 1. The third-order valence-corrected chi connectivity index (χ3v) is 2.54. The van der Waals surface area contributed by atoms with E-state index in [1.165, 1.54) is 11.9 Å². The van der Waals surface area contributed by atoms with Gasteiger partial charge in [0, 0.05) is 20.0 Å². The quantitative estimate of drug-likeness (QED) is 0.758. The first-order chi connectivity index (χ1) is 7.42. The van der Waals surface area contributed by atoms with Crippen LogP contribution in [0.2, 0.25) is 0 Å². The van der Waals surface area contributed by atoms with E-state index >= 15 is 0 Å². The fraction of sp³-hybridized carbons (Fsp3) is 0.800. The van der Waals surface area contributed by atoms with Crippen LogP contribution in [0.3, 0.4) is 0 Å². The van der Waals surface area contributed by atoms with Crippen LogP contribution >= 0.6 is 0 Å². The highest BCUT2D eigenvalue weighted by atomic mass is 19.3. The van der Waals surface area contributed by atoms with Crippen LogP contribution in [0.15, 0.2) is 0 Å². The van der Waals surface area contributed by atoms with E-state index in [1.807, 2.05) is 6.92 Å². The minimum atomic E-state index is -2.87. The van der Waals surface area contributed by atoms with Crippen molar-refractivity contribution >= 4 is 11.8 Å². The molecule has 2 amide bonds. The molecule has 0 aromatic carbocycles. The van der Waals surface area contributed by atoms with E-state index in [0.29, 0.717) is 13.0 Å². The van der Waals surface area contributed by atoms with Crippen LogP contribution in [-0.2, 0) is 9.59 Å². The van der Waals surface area contributed by atoms with E-state index in [2.05, 4.69) is 5.32 Å². The molecule has 1 saturated carbocycles. The molecule has 1 atom stereocenters. The highest BCUT2D eigenvalue weighted by molar-refractivity contribution is 5.87. The van der Waals surface area contributed by atoms with Crippen LogP contribution in [0, 0.1) is 5.92 Å². The maximum absolute atomic E-state index is 12.7. The Labute approximate surface area is 93.0 Å². The molecule has 0 aromatic rings. The highest BCUT2D eigenvalue weighted by Gasteiger charge is 2.62. The summed E-state index contributed by atoms with van der Waals surface area (Å²) in [4.78, 5) is 23.9. The maximum atomic E-state index is 12.7. The largest absolute Gasteiger partial charge is 0.358 e. The zero-order chi connectivity index (χ0) is 12.3. The lowest BCUT2D eigenvalue weighted by molar-refractivity contribution is -0.138. The van der Waals surface area contributed by atoms with Crippen LogP contribution in [0.25, 0.3) is 0 Å². The maximum Gasteiger partial charge on any atom is 0.260 e. The van der Waals surface area contributed by atoms with E-state index in [0.717, 1.165) is 0 Å². The molecule has 0 aromatic heterocycles. The number of carbonyl (C=O) groups is 2. The first kappa shape index (κ1) is 12.9. The van der Waals surface area contributed by atoms with Crippen molar-refractivity contribution in [3.05, 3.63) is 0 Å². The molecule has 1 rings (SSSR count). The summed E-state index contributed by atoms with van der Waals surface area (Å²) < 4.78 is 25.4. The number of carbonyl (C=O) groups excluding carboxylic acids is 2. The molecule has 6 heteroatoms. The van der Waals surface area contributed by atoms with Crippen molar-refractivity contribution in [1.82, 2.24) is 10.2 Å². The van der Waals surface area contributed by atoms with Gasteiger partial charge in [-0.1, -0.05) is 6.92 Å². The van der Waals surface area contributed by atoms with Crippen molar-refractivity contribution in [2.45, 2.75) is 25.7 Å². The Morgan fingerprint density at radius 3 is 2.44 bits per heavy atom. The van der Waals surface area contributed by atoms with E-state index in [4.69, 9.17) is 0 Å². The van der Waals surface area contributed by atoms with Crippen LogP contribution in [0.1, 0.15) is 19.8 Å². The van der Waals surface area contributed by atoms with Crippen LogP contribution in [-0.4, -0.2) is 42.8 Å². The SMILES string of the molecule is CCCN(CC(=O)NC)C(=O)C1CC1(F)F. The molecule has 16 heavy (non-hydrogen) atoms. The van der Waals surface area contributed by atoms with Gasteiger partial charge in [0.25, 0.3) is 5.92 Å². The molecule has 0 aliphatic heterocycles. The van der Waals surface area contributed by atoms with Gasteiger partial charge in [-0.2, -0.15) is 0 Å². The summed E-state index contributed by atoms with van der Waals surface area (Å²) in [5.74, 6) is -5.05. The Kier molecular flexibility index (Phi) is 3.83. The topological polar surface area (TPSA) is 49.4 Å². The summed E-state index contributed by atoms with van der Waals surface area (Å²) in [6, 6.07) is 0. The molecule has 4 nitrogen and oxygen atoms in total. The standard InChI is InChI=1S/C10H16F2N2O2/c1-3-4-14(6-8(15)13-2)9(16)7-5-10(7,11)12/h7H,3-6H2,1-2H3,(H,13,15). The smallest absolute Gasteiger partial charge is 0.260 e. The van der Waals surface area contributed by atoms with Gasteiger partial charge in [0.15, 0.2) is 0 Å². The second-order valence-electron chi connectivity index (χ2n) is 3.95.